The fraction of sp³-hybridized carbons (Fsp3) is 0.444. The Kier molecular flexibility index (Phi) is 6.32. The van der Waals surface area contributed by atoms with Crippen molar-refractivity contribution in [2.45, 2.75) is 52.7 Å². The third kappa shape index (κ3) is 6.05. The highest BCUT2D eigenvalue weighted by Crippen LogP contribution is 2.28. The van der Waals surface area contributed by atoms with Crippen LogP contribution in [-0.4, -0.2) is 40.8 Å². The lowest BCUT2D eigenvalue weighted by Gasteiger charge is -2.29. The van der Waals surface area contributed by atoms with Gasteiger partial charge in [-0.05, 0) is 53.7 Å². The molecule has 0 radical (unpaired) electrons. The molecule has 1 N–H and O–H groups in total. The smallest absolute Gasteiger partial charge is 0.424 e. The number of imide groups is 1. The Morgan fingerprint density at radius 2 is 1.44 bits per heavy atom. The molecule has 1 aromatic rings. The van der Waals surface area contributed by atoms with Gasteiger partial charge in [0.15, 0.2) is 6.29 Å². The molecule has 8 nitrogen and oxygen atoms in total. The maximum atomic E-state index is 13.9. The third-order valence-electron chi connectivity index (χ3n) is 2.87. The zero-order valence-electron chi connectivity index (χ0n) is 16.0. The first-order valence-electron chi connectivity index (χ1n) is 7.94. The number of aldehydes is 1. The lowest BCUT2D eigenvalue weighted by Crippen LogP contribution is -2.44. The van der Waals surface area contributed by atoms with Crippen LogP contribution in [0, 0.1) is 5.82 Å². The van der Waals surface area contributed by atoms with E-state index in [9.17, 15) is 28.7 Å². The standard InChI is InChI=1S/C18H22FNO7/c1-17(2,3)26-15(24)20(16(25)27-18(4,5)6)13-7-10(9-21)12(19)8-11(13)14(22)23/h7-9H,1-6H3,(H,22,23). The monoisotopic (exact) mass is 383 g/mol. The van der Waals surface area contributed by atoms with E-state index < -0.39 is 52.0 Å². The number of benzene rings is 1. The van der Waals surface area contributed by atoms with Crippen molar-refractivity contribution >= 4 is 30.1 Å². The van der Waals surface area contributed by atoms with Crippen LogP contribution in [0.2, 0.25) is 0 Å². The van der Waals surface area contributed by atoms with Crippen LogP contribution in [0.15, 0.2) is 12.1 Å². The lowest BCUT2D eigenvalue weighted by atomic mass is 10.1. The summed E-state index contributed by atoms with van der Waals surface area (Å²) in [6.07, 6.45) is -2.34. The van der Waals surface area contributed by atoms with Crippen molar-refractivity contribution in [3.05, 3.63) is 29.1 Å². The molecule has 0 saturated heterocycles. The van der Waals surface area contributed by atoms with E-state index in [0.717, 1.165) is 6.07 Å². The van der Waals surface area contributed by atoms with Gasteiger partial charge in [-0.2, -0.15) is 4.90 Å². The Morgan fingerprint density at radius 3 is 1.78 bits per heavy atom. The van der Waals surface area contributed by atoms with Gasteiger partial charge in [-0.25, -0.2) is 18.8 Å². The zero-order valence-corrected chi connectivity index (χ0v) is 16.0. The molecule has 0 heterocycles. The SMILES string of the molecule is CC(C)(C)OC(=O)N(C(=O)OC(C)(C)C)c1cc(C=O)c(F)cc1C(=O)O. The predicted molar refractivity (Wildman–Crippen MR) is 93.7 cm³/mol. The molecule has 148 valence electrons. The number of carbonyl (C=O) groups excluding carboxylic acids is 3. The first-order chi connectivity index (χ1) is 12.2. The molecule has 0 spiro atoms. The van der Waals surface area contributed by atoms with E-state index in [1.165, 1.54) is 41.5 Å². The van der Waals surface area contributed by atoms with Crippen LogP contribution in [0.1, 0.15) is 62.3 Å². The second kappa shape index (κ2) is 7.73. The summed E-state index contributed by atoms with van der Waals surface area (Å²) in [6, 6.07) is 1.32. The number of carboxylic acid groups (broad SMARTS) is 1. The molecular formula is C18H22FNO7. The summed E-state index contributed by atoms with van der Waals surface area (Å²) in [5.74, 6) is -2.72. The van der Waals surface area contributed by atoms with Gasteiger partial charge in [0.05, 0.1) is 16.8 Å². The highest BCUT2D eigenvalue weighted by molar-refractivity contribution is 6.13. The van der Waals surface area contributed by atoms with Gasteiger partial charge >= 0.3 is 18.2 Å². The number of halogens is 1. The summed E-state index contributed by atoms with van der Waals surface area (Å²) in [4.78, 5) is 48.0. The number of amides is 2. The summed E-state index contributed by atoms with van der Waals surface area (Å²) in [5, 5.41) is 9.35. The zero-order chi connectivity index (χ0) is 21.2. The molecule has 0 atom stereocenters. The van der Waals surface area contributed by atoms with Crippen molar-refractivity contribution in [2.75, 3.05) is 4.90 Å². The summed E-state index contributed by atoms with van der Waals surface area (Å²) < 4.78 is 24.1. The van der Waals surface area contributed by atoms with Crippen molar-refractivity contribution in [1.29, 1.82) is 0 Å². The number of carboxylic acids is 1. The van der Waals surface area contributed by atoms with Crippen LogP contribution in [0.3, 0.4) is 0 Å². The van der Waals surface area contributed by atoms with E-state index in [0.29, 0.717) is 11.0 Å². The van der Waals surface area contributed by atoms with Crippen molar-refractivity contribution in [1.82, 2.24) is 0 Å². The predicted octanol–water partition coefficient (Wildman–Crippen LogP) is 4.01. The van der Waals surface area contributed by atoms with Gasteiger partial charge in [0.1, 0.15) is 17.0 Å². The number of hydrogen-bond donors (Lipinski definition) is 1. The molecule has 9 heteroatoms. The summed E-state index contributed by atoms with van der Waals surface area (Å²) >= 11 is 0. The van der Waals surface area contributed by atoms with Gasteiger partial charge in [0.2, 0.25) is 0 Å². The number of ether oxygens (including phenoxy) is 2. The van der Waals surface area contributed by atoms with Crippen LogP contribution in [0.5, 0.6) is 0 Å². The molecule has 0 aromatic heterocycles. The highest BCUT2D eigenvalue weighted by Gasteiger charge is 2.35. The van der Waals surface area contributed by atoms with Gasteiger partial charge in [-0.3, -0.25) is 4.79 Å². The molecule has 0 bridgehead atoms. The van der Waals surface area contributed by atoms with Gasteiger partial charge in [0, 0.05) is 0 Å². The quantitative estimate of drug-likeness (QED) is 0.785. The second-order valence-electron chi connectivity index (χ2n) is 7.61. The van der Waals surface area contributed by atoms with Crippen molar-refractivity contribution in [3.63, 3.8) is 0 Å². The minimum atomic E-state index is -1.61. The minimum Gasteiger partial charge on any atom is -0.478 e. The van der Waals surface area contributed by atoms with Crippen LogP contribution in [-0.2, 0) is 9.47 Å². The van der Waals surface area contributed by atoms with Gasteiger partial charge in [0.25, 0.3) is 0 Å². The Balaban J connectivity index is 3.63. The molecule has 1 aromatic carbocycles. The highest BCUT2D eigenvalue weighted by atomic mass is 19.1. The summed E-state index contributed by atoms with van der Waals surface area (Å²) in [7, 11) is 0. The van der Waals surface area contributed by atoms with E-state index in [1.54, 1.807) is 0 Å². The van der Waals surface area contributed by atoms with E-state index in [-0.39, 0.29) is 6.29 Å². The van der Waals surface area contributed by atoms with E-state index in [4.69, 9.17) is 9.47 Å². The molecule has 1 rings (SSSR count). The second-order valence-corrected chi connectivity index (χ2v) is 7.61. The van der Waals surface area contributed by atoms with Gasteiger partial charge in [-0.1, -0.05) is 0 Å². The molecular weight excluding hydrogens is 361 g/mol. The average Bonchev–Trinajstić information content (AvgIpc) is 2.44. The van der Waals surface area contributed by atoms with Gasteiger partial charge in [-0.15, -0.1) is 0 Å². The molecule has 2 amide bonds. The van der Waals surface area contributed by atoms with E-state index >= 15 is 0 Å². The molecule has 0 aliphatic rings. The van der Waals surface area contributed by atoms with Crippen LogP contribution in [0.25, 0.3) is 0 Å². The maximum absolute atomic E-state index is 13.9. The minimum absolute atomic E-state index is 0.132. The molecule has 0 aliphatic carbocycles. The average molecular weight is 383 g/mol. The van der Waals surface area contributed by atoms with E-state index in [2.05, 4.69) is 0 Å². The summed E-state index contributed by atoms with van der Waals surface area (Å²) in [6.45, 7) is 9.24. The third-order valence-corrected chi connectivity index (χ3v) is 2.87. The summed E-state index contributed by atoms with van der Waals surface area (Å²) in [5.41, 5.74) is -3.83. The largest absolute Gasteiger partial charge is 0.478 e. The molecule has 0 unspecified atom stereocenters. The topological polar surface area (TPSA) is 110 Å². The molecule has 0 saturated carbocycles. The fourth-order valence-corrected chi connectivity index (χ4v) is 1.91. The Bertz CT molecular complexity index is 747. The number of aromatic carboxylic acids is 1. The number of rotatable bonds is 3. The Labute approximate surface area is 155 Å². The van der Waals surface area contributed by atoms with Crippen LogP contribution in [0.4, 0.5) is 19.7 Å². The number of carbonyl (C=O) groups is 4. The van der Waals surface area contributed by atoms with E-state index in [1.807, 2.05) is 0 Å². The maximum Gasteiger partial charge on any atom is 0.424 e. The van der Waals surface area contributed by atoms with Gasteiger partial charge < -0.3 is 14.6 Å². The van der Waals surface area contributed by atoms with Crippen LogP contribution < -0.4 is 4.90 Å². The van der Waals surface area contributed by atoms with Crippen molar-refractivity contribution in [3.8, 4) is 0 Å². The lowest BCUT2D eigenvalue weighted by molar-refractivity contribution is 0.0430. The molecule has 0 fully saturated rings. The first kappa shape index (κ1) is 22.1. The first-order valence-corrected chi connectivity index (χ1v) is 7.94. The Morgan fingerprint density at radius 1 is 1.00 bits per heavy atom. The number of nitrogens with zero attached hydrogens (tertiary/aromatic N) is 1. The van der Waals surface area contributed by atoms with Crippen molar-refractivity contribution in [2.24, 2.45) is 0 Å². The van der Waals surface area contributed by atoms with Crippen LogP contribution >= 0.6 is 0 Å². The fourth-order valence-electron chi connectivity index (χ4n) is 1.91. The van der Waals surface area contributed by atoms with Crippen molar-refractivity contribution < 1.29 is 38.1 Å². The number of anilines is 1. The Hall–Kier alpha value is -2.97. The molecule has 0 aliphatic heterocycles. The normalized spacial score (nSPS) is 11.5. The number of hydrogen-bond acceptors (Lipinski definition) is 6. The molecule has 27 heavy (non-hydrogen) atoms.